The van der Waals surface area contributed by atoms with Gasteiger partial charge in [0.2, 0.25) is 0 Å². The minimum Gasteiger partial charge on any atom is -0.272 e. The van der Waals surface area contributed by atoms with Gasteiger partial charge < -0.3 is 0 Å². The summed E-state index contributed by atoms with van der Waals surface area (Å²) >= 11 is 7.48. The SMILES string of the molecule is C/C(=N/NC(=O)CSc1nnc(-c2ccncc2)n1-c1ccc(C)cc1)c1ccccc1Cl. The molecule has 0 aliphatic carbocycles. The molecular weight excluding hydrogens is 456 g/mol. The van der Waals surface area contributed by atoms with Crippen LogP contribution in [0.5, 0.6) is 0 Å². The number of amides is 1. The third-order valence-corrected chi connectivity index (χ3v) is 6.07. The van der Waals surface area contributed by atoms with Crippen LogP contribution in [0.3, 0.4) is 0 Å². The number of aromatic nitrogens is 4. The molecule has 166 valence electrons. The number of nitrogens with zero attached hydrogens (tertiary/aromatic N) is 5. The minimum atomic E-state index is -0.254. The number of hydrogen-bond acceptors (Lipinski definition) is 6. The molecular formula is C24H21ClN6OS. The van der Waals surface area contributed by atoms with Crippen LogP contribution in [-0.4, -0.2) is 37.1 Å². The van der Waals surface area contributed by atoms with Gasteiger partial charge in [0.1, 0.15) is 0 Å². The van der Waals surface area contributed by atoms with E-state index in [1.165, 1.54) is 11.8 Å². The summed E-state index contributed by atoms with van der Waals surface area (Å²) in [5.41, 5.74) is 6.93. The average molecular weight is 477 g/mol. The second-order valence-electron chi connectivity index (χ2n) is 7.21. The Morgan fingerprint density at radius 3 is 2.52 bits per heavy atom. The van der Waals surface area contributed by atoms with Crippen molar-refractivity contribution in [2.45, 2.75) is 19.0 Å². The lowest BCUT2D eigenvalue weighted by atomic mass is 10.1. The molecule has 9 heteroatoms. The number of carbonyl (C=O) groups is 1. The van der Waals surface area contributed by atoms with Gasteiger partial charge >= 0.3 is 0 Å². The largest absolute Gasteiger partial charge is 0.272 e. The van der Waals surface area contributed by atoms with Crippen molar-refractivity contribution in [1.82, 2.24) is 25.2 Å². The Morgan fingerprint density at radius 1 is 1.06 bits per heavy atom. The molecule has 0 unspecified atom stereocenters. The van der Waals surface area contributed by atoms with Crippen LogP contribution in [0.15, 0.2) is 83.3 Å². The highest BCUT2D eigenvalue weighted by atomic mass is 35.5. The lowest BCUT2D eigenvalue weighted by molar-refractivity contribution is -0.118. The number of nitrogens with one attached hydrogen (secondary N) is 1. The molecule has 7 nitrogen and oxygen atoms in total. The normalized spacial score (nSPS) is 11.4. The summed E-state index contributed by atoms with van der Waals surface area (Å²) in [7, 11) is 0. The van der Waals surface area contributed by atoms with Crippen molar-refractivity contribution < 1.29 is 4.79 Å². The smallest absolute Gasteiger partial charge is 0.250 e. The number of aryl methyl sites for hydroxylation is 1. The molecule has 0 bridgehead atoms. The van der Waals surface area contributed by atoms with E-state index in [1.807, 2.05) is 66.1 Å². The van der Waals surface area contributed by atoms with E-state index in [4.69, 9.17) is 11.6 Å². The molecule has 2 heterocycles. The highest BCUT2D eigenvalue weighted by molar-refractivity contribution is 7.99. The first-order valence-electron chi connectivity index (χ1n) is 10.2. The van der Waals surface area contributed by atoms with E-state index in [1.54, 1.807) is 25.4 Å². The highest BCUT2D eigenvalue weighted by Gasteiger charge is 2.17. The van der Waals surface area contributed by atoms with Crippen LogP contribution in [0.1, 0.15) is 18.1 Å². The fourth-order valence-electron chi connectivity index (χ4n) is 3.10. The number of halogens is 1. The van der Waals surface area contributed by atoms with Gasteiger partial charge in [-0.15, -0.1) is 10.2 Å². The van der Waals surface area contributed by atoms with E-state index in [0.29, 0.717) is 21.7 Å². The number of hydrazone groups is 1. The maximum absolute atomic E-state index is 12.5. The van der Waals surface area contributed by atoms with E-state index in [2.05, 4.69) is 25.7 Å². The molecule has 0 saturated heterocycles. The topological polar surface area (TPSA) is 85.1 Å². The van der Waals surface area contributed by atoms with Gasteiger partial charge in [0.05, 0.1) is 11.5 Å². The van der Waals surface area contributed by atoms with Crippen LogP contribution in [0, 0.1) is 6.92 Å². The molecule has 0 fully saturated rings. The Hall–Kier alpha value is -3.49. The molecule has 1 N–H and O–H groups in total. The van der Waals surface area contributed by atoms with Crippen LogP contribution in [0.2, 0.25) is 5.02 Å². The second kappa shape index (κ2) is 10.4. The van der Waals surface area contributed by atoms with Gasteiger partial charge in [-0.3, -0.25) is 14.3 Å². The average Bonchev–Trinajstić information content (AvgIpc) is 3.26. The number of rotatable bonds is 7. The van der Waals surface area contributed by atoms with Gasteiger partial charge in [0.15, 0.2) is 11.0 Å². The summed E-state index contributed by atoms with van der Waals surface area (Å²) in [6.45, 7) is 3.83. The summed E-state index contributed by atoms with van der Waals surface area (Å²) in [5, 5.41) is 14.1. The van der Waals surface area contributed by atoms with Crippen molar-refractivity contribution in [1.29, 1.82) is 0 Å². The summed E-state index contributed by atoms with van der Waals surface area (Å²) in [5.74, 6) is 0.548. The summed E-state index contributed by atoms with van der Waals surface area (Å²) in [4.78, 5) is 16.5. The lowest BCUT2D eigenvalue weighted by Gasteiger charge is -2.10. The first-order valence-corrected chi connectivity index (χ1v) is 11.5. The van der Waals surface area contributed by atoms with Crippen molar-refractivity contribution >= 4 is 35.0 Å². The standard InChI is InChI=1S/C24H21ClN6OS/c1-16-7-9-19(10-8-16)31-23(18-11-13-26-14-12-18)29-30-24(31)33-15-22(32)28-27-17(2)20-5-3-4-6-21(20)25/h3-14H,15H2,1-2H3,(H,28,32)/b27-17-. The number of thioether (sulfide) groups is 1. The Balaban J connectivity index is 1.53. The molecule has 33 heavy (non-hydrogen) atoms. The van der Waals surface area contributed by atoms with E-state index in [0.717, 1.165) is 22.4 Å². The van der Waals surface area contributed by atoms with Gasteiger partial charge in [-0.1, -0.05) is 59.3 Å². The first-order chi connectivity index (χ1) is 16.0. The summed E-state index contributed by atoms with van der Waals surface area (Å²) in [6.07, 6.45) is 3.42. The zero-order chi connectivity index (χ0) is 23.2. The monoisotopic (exact) mass is 476 g/mol. The Bertz CT molecular complexity index is 1290. The Kier molecular flexibility index (Phi) is 7.16. The third-order valence-electron chi connectivity index (χ3n) is 4.81. The molecule has 0 radical (unpaired) electrons. The Labute approximate surface area is 200 Å². The van der Waals surface area contributed by atoms with Gasteiger partial charge in [0.25, 0.3) is 5.91 Å². The number of pyridine rings is 1. The van der Waals surface area contributed by atoms with Gasteiger partial charge in [-0.05, 0) is 44.2 Å². The molecule has 0 saturated carbocycles. The van der Waals surface area contributed by atoms with Crippen LogP contribution >= 0.6 is 23.4 Å². The van der Waals surface area contributed by atoms with Gasteiger partial charge in [0, 0.05) is 34.2 Å². The van der Waals surface area contributed by atoms with Crippen molar-refractivity contribution in [3.63, 3.8) is 0 Å². The zero-order valence-electron chi connectivity index (χ0n) is 18.1. The zero-order valence-corrected chi connectivity index (χ0v) is 19.6. The molecule has 0 spiro atoms. The first kappa shape index (κ1) is 22.7. The maximum atomic E-state index is 12.5. The third kappa shape index (κ3) is 5.47. The highest BCUT2D eigenvalue weighted by Crippen LogP contribution is 2.27. The van der Waals surface area contributed by atoms with Crippen LogP contribution in [-0.2, 0) is 4.79 Å². The van der Waals surface area contributed by atoms with Gasteiger partial charge in [-0.2, -0.15) is 5.10 Å². The van der Waals surface area contributed by atoms with Crippen molar-refractivity contribution in [3.8, 4) is 17.1 Å². The number of hydrogen-bond donors (Lipinski definition) is 1. The molecule has 2 aromatic heterocycles. The maximum Gasteiger partial charge on any atom is 0.250 e. The van der Waals surface area contributed by atoms with Crippen molar-refractivity contribution in [3.05, 3.63) is 89.2 Å². The predicted molar refractivity (Wildman–Crippen MR) is 132 cm³/mol. The second-order valence-corrected chi connectivity index (χ2v) is 8.56. The molecule has 4 aromatic rings. The fraction of sp³-hybridized carbons (Fsp3) is 0.125. The van der Waals surface area contributed by atoms with Crippen LogP contribution < -0.4 is 5.43 Å². The molecule has 2 aromatic carbocycles. The van der Waals surface area contributed by atoms with Crippen molar-refractivity contribution in [2.75, 3.05) is 5.75 Å². The quantitative estimate of drug-likeness (QED) is 0.232. The fourth-order valence-corrected chi connectivity index (χ4v) is 4.12. The van der Waals surface area contributed by atoms with Crippen molar-refractivity contribution in [2.24, 2.45) is 5.10 Å². The van der Waals surface area contributed by atoms with Gasteiger partial charge in [-0.25, -0.2) is 5.43 Å². The molecule has 4 rings (SSSR count). The van der Waals surface area contributed by atoms with Crippen LogP contribution in [0.4, 0.5) is 0 Å². The molecule has 0 aliphatic heterocycles. The minimum absolute atomic E-state index is 0.125. The Morgan fingerprint density at radius 2 is 1.79 bits per heavy atom. The molecule has 0 aliphatic rings. The van der Waals surface area contributed by atoms with Crippen LogP contribution in [0.25, 0.3) is 17.1 Å². The summed E-state index contributed by atoms with van der Waals surface area (Å²) in [6, 6.07) is 19.2. The number of carbonyl (C=O) groups excluding carboxylic acids is 1. The van der Waals surface area contributed by atoms with E-state index < -0.39 is 0 Å². The summed E-state index contributed by atoms with van der Waals surface area (Å²) < 4.78 is 1.94. The van der Waals surface area contributed by atoms with E-state index in [-0.39, 0.29) is 11.7 Å². The molecule has 1 amide bonds. The van der Waals surface area contributed by atoms with E-state index >= 15 is 0 Å². The lowest BCUT2D eigenvalue weighted by Crippen LogP contribution is -2.21. The number of benzene rings is 2. The predicted octanol–water partition coefficient (Wildman–Crippen LogP) is 4.92. The van der Waals surface area contributed by atoms with E-state index in [9.17, 15) is 4.79 Å². The molecule has 0 atom stereocenters.